The molecule has 0 aliphatic heterocycles. The van der Waals surface area contributed by atoms with Gasteiger partial charge in [-0.1, -0.05) is 152 Å². The normalized spacial score (nSPS) is 11.8. The molecule has 0 saturated carbocycles. The lowest BCUT2D eigenvalue weighted by Gasteiger charge is -2.12. The number of rotatable bonds is 6. The largest absolute Gasteiger partial charge is 0.454 e. The first-order valence-electron chi connectivity index (χ1n) is 21.4. The maximum absolute atomic E-state index is 6.48. The molecular formula is C58H35N5O. The van der Waals surface area contributed by atoms with E-state index < -0.39 is 0 Å². The number of furan rings is 1. The standard InChI is InChI=1S/C58H35N5O/c1-2-10-36(11-3-1)43-27-28-51-50(34-43)54-46-17-7-6-13-39(46)26-29-52(54)63(51)45-16-8-15-44(33-45)57-60-56(40-23-20-38(21-24-40)42-25-22-37-12-4-5-14-41(37)32-42)61-58(62-57)49-19-9-18-48-47-30-31-59-35-53(47)64-55(48)49/h1-35H. The third-order valence-corrected chi connectivity index (χ3v) is 12.5. The van der Waals surface area contributed by atoms with Gasteiger partial charge >= 0.3 is 0 Å². The molecule has 13 rings (SSSR count). The van der Waals surface area contributed by atoms with Gasteiger partial charge < -0.3 is 8.98 Å². The molecule has 13 aromatic rings. The van der Waals surface area contributed by atoms with Crippen LogP contribution in [0.5, 0.6) is 0 Å². The molecule has 0 atom stereocenters. The minimum absolute atomic E-state index is 0.526. The zero-order chi connectivity index (χ0) is 42.1. The van der Waals surface area contributed by atoms with Gasteiger partial charge in [0.1, 0.15) is 5.58 Å². The van der Waals surface area contributed by atoms with Crippen LogP contribution in [-0.4, -0.2) is 24.5 Å². The summed E-state index contributed by atoms with van der Waals surface area (Å²) in [6.45, 7) is 0. The monoisotopic (exact) mass is 817 g/mol. The molecule has 0 bridgehead atoms. The van der Waals surface area contributed by atoms with Gasteiger partial charge in [-0.2, -0.15) is 0 Å². The number of hydrogen-bond acceptors (Lipinski definition) is 5. The highest BCUT2D eigenvalue weighted by molar-refractivity contribution is 6.22. The minimum Gasteiger partial charge on any atom is -0.454 e. The van der Waals surface area contributed by atoms with Crippen molar-refractivity contribution in [2.24, 2.45) is 0 Å². The van der Waals surface area contributed by atoms with Crippen LogP contribution < -0.4 is 0 Å². The van der Waals surface area contributed by atoms with Crippen LogP contribution in [0, 0.1) is 0 Å². The van der Waals surface area contributed by atoms with Crippen LogP contribution >= 0.6 is 0 Å². The van der Waals surface area contributed by atoms with Gasteiger partial charge in [-0.05, 0) is 92.3 Å². The first kappa shape index (κ1) is 36.0. The van der Waals surface area contributed by atoms with Gasteiger partial charge in [-0.15, -0.1) is 0 Å². The van der Waals surface area contributed by atoms with E-state index >= 15 is 0 Å². The molecule has 6 heteroatoms. The fourth-order valence-corrected chi connectivity index (χ4v) is 9.43. The second-order valence-electron chi connectivity index (χ2n) is 16.3. The summed E-state index contributed by atoms with van der Waals surface area (Å²) in [6.07, 6.45) is 3.55. The maximum atomic E-state index is 6.48. The molecule has 0 N–H and O–H groups in total. The molecular weight excluding hydrogens is 783 g/mol. The number of aromatic nitrogens is 5. The predicted octanol–water partition coefficient (Wildman–Crippen LogP) is 14.9. The molecule has 6 nitrogen and oxygen atoms in total. The van der Waals surface area contributed by atoms with E-state index in [1.165, 1.54) is 43.4 Å². The lowest BCUT2D eigenvalue weighted by molar-refractivity contribution is 0.667. The molecule has 0 aliphatic carbocycles. The van der Waals surface area contributed by atoms with Gasteiger partial charge in [-0.3, -0.25) is 4.98 Å². The molecule has 0 saturated heterocycles. The van der Waals surface area contributed by atoms with E-state index in [0.717, 1.165) is 55.3 Å². The molecule has 4 heterocycles. The van der Waals surface area contributed by atoms with Gasteiger partial charge in [0, 0.05) is 44.6 Å². The van der Waals surface area contributed by atoms with Gasteiger partial charge in [0.05, 0.1) is 22.8 Å². The first-order valence-corrected chi connectivity index (χ1v) is 21.4. The zero-order valence-corrected chi connectivity index (χ0v) is 34.4. The number of fused-ring (bicyclic) bond motifs is 9. The average Bonchev–Trinajstić information content (AvgIpc) is 3.92. The minimum atomic E-state index is 0.526. The SMILES string of the molecule is c1ccc(-c2ccc3c(c2)c2c4ccccc4ccc2n3-c2cccc(-c3nc(-c4ccc(-c5ccc6ccccc6c5)cc4)nc(-c4cccc5c4oc4cnccc45)n3)c2)cc1. The van der Waals surface area contributed by atoms with Crippen molar-refractivity contribution >= 4 is 65.3 Å². The van der Waals surface area contributed by atoms with Crippen molar-refractivity contribution in [2.75, 3.05) is 0 Å². The molecule has 64 heavy (non-hydrogen) atoms. The number of benzene rings is 9. The Hall–Kier alpha value is -8.74. The first-order chi connectivity index (χ1) is 31.7. The fourth-order valence-electron chi connectivity index (χ4n) is 9.43. The predicted molar refractivity (Wildman–Crippen MR) is 261 cm³/mol. The fraction of sp³-hybridized carbons (Fsp3) is 0. The molecule has 0 radical (unpaired) electrons. The molecule has 4 aromatic heterocycles. The summed E-state index contributed by atoms with van der Waals surface area (Å²) >= 11 is 0. The summed E-state index contributed by atoms with van der Waals surface area (Å²) in [7, 11) is 0. The van der Waals surface area contributed by atoms with E-state index in [0.29, 0.717) is 28.6 Å². The Morgan fingerprint density at radius 1 is 0.375 bits per heavy atom. The highest BCUT2D eigenvalue weighted by atomic mass is 16.3. The number of para-hydroxylation sites is 1. The molecule has 298 valence electrons. The Morgan fingerprint density at radius 3 is 1.91 bits per heavy atom. The van der Waals surface area contributed by atoms with Crippen LogP contribution in [0.2, 0.25) is 0 Å². The smallest absolute Gasteiger partial charge is 0.167 e. The van der Waals surface area contributed by atoms with E-state index in [4.69, 9.17) is 19.4 Å². The Kier molecular flexibility index (Phi) is 8.11. The second kappa shape index (κ2) is 14.4. The molecule has 0 unspecified atom stereocenters. The average molecular weight is 818 g/mol. The van der Waals surface area contributed by atoms with Gasteiger partial charge in [0.2, 0.25) is 0 Å². The maximum Gasteiger partial charge on any atom is 0.167 e. The van der Waals surface area contributed by atoms with Crippen LogP contribution in [0.1, 0.15) is 0 Å². The van der Waals surface area contributed by atoms with E-state index in [2.05, 4.69) is 192 Å². The van der Waals surface area contributed by atoms with Crippen molar-refractivity contribution < 1.29 is 4.42 Å². The molecule has 0 spiro atoms. The lowest BCUT2D eigenvalue weighted by Crippen LogP contribution is -2.01. The van der Waals surface area contributed by atoms with Gasteiger partial charge in [0.15, 0.2) is 23.1 Å². The summed E-state index contributed by atoms with van der Waals surface area (Å²) in [6, 6.07) is 70.7. The van der Waals surface area contributed by atoms with Crippen molar-refractivity contribution in [1.82, 2.24) is 24.5 Å². The van der Waals surface area contributed by atoms with E-state index in [1.807, 2.05) is 18.2 Å². The van der Waals surface area contributed by atoms with Crippen molar-refractivity contribution in [3.63, 3.8) is 0 Å². The Morgan fingerprint density at radius 2 is 1.02 bits per heavy atom. The van der Waals surface area contributed by atoms with E-state index in [9.17, 15) is 0 Å². The zero-order valence-electron chi connectivity index (χ0n) is 34.4. The van der Waals surface area contributed by atoms with Crippen molar-refractivity contribution in [3.05, 3.63) is 213 Å². The second-order valence-corrected chi connectivity index (χ2v) is 16.3. The highest BCUT2D eigenvalue weighted by Crippen LogP contribution is 2.40. The summed E-state index contributed by atoms with van der Waals surface area (Å²) in [4.78, 5) is 20.0. The van der Waals surface area contributed by atoms with E-state index in [-0.39, 0.29) is 0 Å². The van der Waals surface area contributed by atoms with Gasteiger partial charge in [0.25, 0.3) is 0 Å². The lowest BCUT2D eigenvalue weighted by atomic mass is 10.00. The van der Waals surface area contributed by atoms with E-state index in [1.54, 1.807) is 12.4 Å². The van der Waals surface area contributed by atoms with Crippen LogP contribution in [-0.2, 0) is 0 Å². The molecule has 9 aromatic carbocycles. The molecule has 0 amide bonds. The van der Waals surface area contributed by atoms with Crippen LogP contribution in [0.15, 0.2) is 217 Å². The number of hydrogen-bond donors (Lipinski definition) is 0. The topological polar surface area (TPSA) is 69.6 Å². The Bertz CT molecular complexity index is 3960. The molecule has 0 aliphatic rings. The summed E-state index contributed by atoms with van der Waals surface area (Å²) in [5.74, 6) is 1.66. The van der Waals surface area contributed by atoms with Crippen LogP contribution in [0.25, 0.3) is 127 Å². The highest BCUT2D eigenvalue weighted by Gasteiger charge is 2.20. The summed E-state index contributed by atoms with van der Waals surface area (Å²) in [5, 5.41) is 9.25. The number of pyridine rings is 1. The Labute approximate surface area is 367 Å². The quantitative estimate of drug-likeness (QED) is 0.167. The number of nitrogens with zero attached hydrogens (tertiary/aromatic N) is 5. The van der Waals surface area contributed by atoms with Crippen LogP contribution in [0.3, 0.4) is 0 Å². The summed E-state index contributed by atoms with van der Waals surface area (Å²) in [5.41, 5.74) is 11.9. The van der Waals surface area contributed by atoms with Crippen molar-refractivity contribution in [1.29, 1.82) is 0 Å². The van der Waals surface area contributed by atoms with Gasteiger partial charge in [-0.25, -0.2) is 15.0 Å². The molecule has 0 fully saturated rings. The van der Waals surface area contributed by atoms with Crippen LogP contribution in [0.4, 0.5) is 0 Å². The van der Waals surface area contributed by atoms with Crippen molar-refractivity contribution in [3.8, 4) is 62.1 Å². The van der Waals surface area contributed by atoms with Crippen molar-refractivity contribution in [2.45, 2.75) is 0 Å². The summed E-state index contributed by atoms with van der Waals surface area (Å²) < 4.78 is 8.84. The third kappa shape index (κ3) is 5.88. The third-order valence-electron chi connectivity index (χ3n) is 12.5. The Balaban J connectivity index is 0.990.